The summed E-state index contributed by atoms with van der Waals surface area (Å²) < 4.78 is 16.6. The lowest BCUT2D eigenvalue weighted by Gasteiger charge is -2.13. The molecule has 1 saturated carbocycles. The first kappa shape index (κ1) is 17.5. The molecule has 0 aliphatic heterocycles. The summed E-state index contributed by atoms with van der Waals surface area (Å²) in [5, 5.41) is 1.18. The highest BCUT2D eigenvalue weighted by Crippen LogP contribution is 2.36. The lowest BCUT2D eigenvalue weighted by Crippen LogP contribution is -2.02. The van der Waals surface area contributed by atoms with Gasteiger partial charge in [-0.2, -0.15) is 0 Å². The van der Waals surface area contributed by atoms with Crippen molar-refractivity contribution in [1.82, 2.24) is 4.57 Å². The van der Waals surface area contributed by atoms with Gasteiger partial charge in [-0.1, -0.05) is 31.4 Å². The first-order valence-corrected chi connectivity index (χ1v) is 9.11. The maximum Gasteiger partial charge on any atom is 0.102 e. The van der Waals surface area contributed by atoms with Gasteiger partial charge in [0.25, 0.3) is 0 Å². The minimum atomic E-state index is -0.182. The molecule has 0 radical (unpaired) electrons. The number of hydrogen-bond donors (Lipinski definition) is 0. The molecule has 0 spiro atoms. The SMILES string of the molecule is C#CC(C)/C=C(/F)Cc1ccc2c(c1)c(C(=C)C)cn2C1CCCC1. The first-order valence-electron chi connectivity index (χ1n) is 9.11. The molecule has 1 aliphatic carbocycles. The fourth-order valence-electron chi connectivity index (χ4n) is 3.81. The molecule has 1 aliphatic rings. The van der Waals surface area contributed by atoms with Crippen molar-refractivity contribution < 1.29 is 4.39 Å². The van der Waals surface area contributed by atoms with E-state index < -0.39 is 0 Å². The minimum Gasteiger partial charge on any atom is -0.344 e. The lowest BCUT2D eigenvalue weighted by atomic mass is 10.0. The minimum absolute atomic E-state index is 0.170. The van der Waals surface area contributed by atoms with Crippen molar-refractivity contribution in [3.8, 4) is 12.3 Å². The van der Waals surface area contributed by atoms with Crippen LogP contribution < -0.4 is 0 Å². The van der Waals surface area contributed by atoms with E-state index in [2.05, 4.69) is 35.4 Å². The molecule has 130 valence electrons. The van der Waals surface area contributed by atoms with Gasteiger partial charge in [0.05, 0.1) is 0 Å². The molecule has 2 aromatic rings. The zero-order valence-electron chi connectivity index (χ0n) is 15.2. The molecule has 0 N–H and O–H groups in total. The summed E-state index contributed by atoms with van der Waals surface area (Å²) in [5.41, 5.74) is 4.42. The zero-order chi connectivity index (χ0) is 18.0. The van der Waals surface area contributed by atoms with Crippen LogP contribution >= 0.6 is 0 Å². The number of nitrogens with zero attached hydrogens (tertiary/aromatic N) is 1. The van der Waals surface area contributed by atoms with E-state index in [0.717, 1.165) is 11.1 Å². The molecule has 1 aromatic carbocycles. The van der Waals surface area contributed by atoms with Crippen LogP contribution in [-0.2, 0) is 6.42 Å². The molecule has 3 rings (SSSR count). The Morgan fingerprint density at radius 1 is 1.44 bits per heavy atom. The van der Waals surface area contributed by atoms with Gasteiger partial charge in [0.1, 0.15) is 5.83 Å². The number of terminal acetylenes is 1. The maximum atomic E-state index is 14.2. The summed E-state index contributed by atoms with van der Waals surface area (Å²) in [7, 11) is 0. The molecule has 1 aromatic heterocycles. The highest BCUT2D eigenvalue weighted by molar-refractivity contribution is 5.93. The molecule has 0 amide bonds. The van der Waals surface area contributed by atoms with E-state index in [-0.39, 0.29) is 18.2 Å². The first-order chi connectivity index (χ1) is 12.0. The number of hydrogen-bond acceptors (Lipinski definition) is 0. The van der Waals surface area contributed by atoms with Crippen LogP contribution in [0.5, 0.6) is 0 Å². The summed E-state index contributed by atoms with van der Waals surface area (Å²) in [4.78, 5) is 0. The molecule has 0 bridgehead atoms. The second-order valence-electron chi connectivity index (χ2n) is 7.27. The molecule has 2 heteroatoms. The number of rotatable bonds is 5. The van der Waals surface area contributed by atoms with Crippen LogP contribution in [0, 0.1) is 18.3 Å². The van der Waals surface area contributed by atoms with Gasteiger partial charge in [-0.25, -0.2) is 4.39 Å². The van der Waals surface area contributed by atoms with Crippen LogP contribution in [0.3, 0.4) is 0 Å². The predicted molar refractivity (Wildman–Crippen MR) is 105 cm³/mol. The third kappa shape index (κ3) is 3.71. The zero-order valence-corrected chi connectivity index (χ0v) is 15.2. The van der Waals surface area contributed by atoms with Crippen LogP contribution in [0.1, 0.15) is 56.7 Å². The van der Waals surface area contributed by atoms with Gasteiger partial charge in [0, 0.05) is 41.0 Å². The van der Waals surface area contributed by atoms with Crippen molar-refractivity contribution >= 4 is 16.5 Å². The van der Waals surface area contributed by atoms with Crippen LogP contribution in [0.15, 0.2) is 42.9 Å². The van der Waals surface area contributed by atoms with Gasteiger partial charge >= 0.3 is 0 Å². The van der Waals surface area contributed by atoms with E-state index in [9.17, 15) is 4.39 Å². The van der Waals surface area contributed by atoms with Crippen molar-refractivity contribution in [1.29, 1.82) is 0 Å². The van der Waals surface area contributed by atoms with E-state index in [4.69, 9.17) is 6.42 Å². The molecule has 1 nitrogen and oxygen atoms in total. The molecular formula is C23H26FN. The van der Waals surface area contributed by atoms with E-state index in [1.807, 2.05) is 19.9 Å². The van der Waals surface area contributed by atoms with E-state index in [1.165, 1.54) is 48.2 Å². The summed E-state index contributed by atoms with van der Waals surface area (Å²) in [5.74, 6) is 2.19. The average Bonchev–Trinajstić information content (AvgIpc) is 3.21. The number of halogens is 1. The monoisotopic (exact) mass is 335 g/mol. The fourth-order valence-corrected chi connectivity index (χ4v) is 3.81. The van der Waals surface area contributed by atoms with Gasteiger partial charge in [0.15, 0.2) is 0 Å². The average molecular weight is 335 g/mol. The van der Waals surface area contributed by atoms with Gasteiger partial charge in [0.2, 0.25) is 0 Å². The summed E-state index contributed by atoms with van der Waals surface area (Å²) in [6, 6.07) is 6.85. The lowest BCUT2D eigenvalue weighted by molar-refractivity contribution is 0.535. The number of fused-ring (bicyclic) bond motifs is 1. The Bertz CT molecular complexity index is 856. The van der Waals surface area contributed by atoms with Crippen LogP contribution in [0.25, 0.3) is 16.5 Å². The predicted octanol–water partition coefficient (Wildman–Crippen LogP) is 6.45. The Kier molecular flexibility index (Phi) is 5.13. The second-order valence-corrected chi connectivity index (χ2v) is 7.27. The maximum absolute atomic E-state index is 14.2. The third-order valence-electron chi connectivity index (χ3n) is 5.14. The number of aromatic nitrogens is 1. The standard InChI is InChI=1S/C23H26FN/c1-5-17(4)12-19(24)13-18-10-11-23-21(14-18)22(16(2)3)15-25(23)20-8-6-7-9-20/h1,10-12,14-15,17,20H,2,6-9,13H2,3-4H3/b19-12+. The van der Waals surface area contributed by atoms with Crippen molar-refractivity contribution in [2.45, 2.75) is 52.0 Å². The number of allylic oxidation sites excluding steroid dienone is 3. The molecular weight excluding hydrogens is 309 g/mol. The Hall–Kier alpha value is -2.27. The number of benzene rings is 1. The molecule has 1 heterocycles. The summed E-state index contributed by atoms with van der Waals surface area (Å²) in [6.45, 7) is 8.00. The van der Waals surface area contributed by atoms with Crippen molar-refractivity contribution in [3.63, 3.8) is 0 Å². The van der Waals surface area contributed by atoms with Gasteiger partial charge in [-0.3, -0.25) is 0 Å². The van der Waals surface area contributed by atoms with Crippen LogP contribution in [-0.4, -0.2) is 4.57 Å². The quantitative estimate of drug-likeness (QED) is 0.553. The normalized spacial score (nSPS) is 17.0. The Morgan fingerprint density at radius 2 is 2.16 bits per heavy atom. The van der Waals surface area contributed by atoms with Gasteiger partial charge in [-0.05, 0) is 56.0 Å². The van der Waals surface area contributed by atoms with Crippen LogP contribution in [0.2, 0.25) is 0 Å². The molecule has 0 saturated heterocycles. The fraction of sp³-hybridized carbons (Fsp3) is 0.391. The second kappa shape index (κ2) is 7.31. The Labute approximate surface area is 150 Å². The van der Waals surface area contributed by atoms with E-state index >= 15 is 0 Å². The van der Waals surface area contributed by atoms with E-state index in [1.54, 1.807) is 0 Å². The largest absolute Gasteiger partial charge is 0.344 e. The molecule has 25 heavy (non-hydrogen) atoms. The van der Waals surface area contributed by atoms with Gasteiger partial charge in [-0.15, -0.1) is 6.42 Å². The molecule has 1 atom stereocenters. The van der Waals surface area contributed by atoms with Crippen molar-refractivity contribution in [2.24, 2.45) is 5.92 Å². The van der Waals surface area contributed by atoms with Crippen molar-refractivity contribution in [3.05, 3.63) is 54.0 Å². The van der Waals surface area contributed by atoms with Gasteiger partial charge < -0.3 is 4.57 Å². The smallest absolute Gasteiger partial charge is 0.102 e. The molecule has 1 unspecified atom stereocenters. The third-order valence-corrected chi connectivity index (χ3v) is 5.14. The van der Waals surface area contributed by atoms with Crippen LogP contribution in [0.4, 0.5) is 4.39 Å². The Balaban J connectivity index is 1.99. The highest BCUT2D eigenvalue weighted by atomic mass is 19.1. The van der Waals surface area contributed by atoms with E-state index in [0.29, 0.717) is 6.04 Å². The molecule has 1 fully saturated rings. The highest BCUT2D eigenvalue weighted by Gasteiger charge is 2.20. The topological polar surface area (TPSA) is 4.93 Å². The summed E-state index contributed by atoms with van der Waals surface area (Å²) >= 11 is 0. The Morgan fingerprint density at radius 3 is 2.80 bits per heavy atom. The van der Waals surface area contributed by atoms with Crippen molar-refractivity contribution in [2.75, 3.05) is 0 Å². The summed E-state index contributed by atoms with van der Waals surface area (Å²) in [6.07, 6.45) is 14.4.